The smallest absolute Gasteiger partial charge is 0.226 e. The number of hydrogen-bond donors (Lipinski definition) is 1. The van der Waals surface area contributed by atoms with Gasteiger partial charge >= 0.3 is 0 Å². The molecule has 1 saturated heterocycles. The highest BCUT2D eigenvalue weighted by Crippen LogP contribution is 2.59. The minimum Gasteiger partial charge on any atom is -0.496 e. The summed E-state index contributed by atoms with van der Waals surface area (Å²) in [6.45, 7) is 2.88. The normalized spacial score (nSPS) is 22.4. The molecule has 1 N–H and O–H groups in total. The summed E-state index contributed by atoms with van der Waals surface area (Å²) in [5.74, 6) is 1.50. The Morgan fingerprint density at radius 3 is 2.82 bits per heavy atom. The lowest BCUT2D eigenvalue weighted by Gasteiger charge is -2.25. The molecule has 1 aromatic carbocycles. The lowest BCUT2D eigenvalue weighted by Crippen LogP contribution is -2.35. The number of amides is 1. The van der Waals surface area contributed by atoms with Crippen LogP contribution in [0.2, 0.25) is 0 Å². The first-order valence-corrected chi connectivity index (χ1v) is 8.24. The second-order valence-electron chi connectivity index (χ2n) is 6.69. The van der Waals surface area contributed by atoms with Gasteiger partial charge in [0.25, 0.3) is 0 Å². The number of likely N-dealkylation sites (N-methyl/N-ethyl adjacent to an activating group) is 1. The molecule has 120 valence electrons. The highest BCUT2D eigenvalue weighted by molar-refractivity contribution is 5.82. The van der Waals surface area contributed by atoms with Crippen molar-refractivity contribution in [1.29, 1.82) is 0 Å². The first kappa shape index (κ1) is 15.3. The van der Waals surface area contributed by atoms with Gasteiger partial charge in [0, 0.05) is 19.5 Å². The molecule has 1 heterocycles. The molecular formula is C18H26N2O2. The third-order valence-corrected chi connectivity index (χ3v) is 5.37. The zero-order valence-electron chi connectivity index (χ0n) is 13.6. The number of piperidine rings is 1. The van der Waals surface area contributed by atoms with Gasteiger partial charge in [-0.1, -0.05) is 18.2 Å². The molecular weight excluding hydrogens is 276 g/mol. The van der Waals surface area contributed by atoms with Gasteiger partial charge in [-0.05, 0) is 55.8 Å². The minimum absolute atomic E-state index is 0.261. The number of nitrogens with zero attached hydrogens (tertiary/aromatic N) is 1. The van der Waals surface area contributed by atoms with E-state index in [2.05, 4.69) is 11.4 Å². The Kier molecular flexibility index (Phi) is 4.39. The summed E-state index contributed by atoms with van der Waals surface area (Å²) in [5.41, 5.74) is 1.48. The number of ether oxygens (including phenoxy) is 1. The molecule has 3 rings (SSSR count). The Balaban J connectivity index is 1.54. The molecule has 0 bridgehead atoms. The summed E-state index contributed by atoms with van der Waals surface area (Å²) >= 11 is 0. The molecule has 0 aromatic heterocycles. The summed E-state index contributed by atoms with van der Waals surface area (Å²) in [4.78, 5) is 14.5. The van der Waals surface area contributed by atoms with Crippen molar-refractivity contribution in [3.8, 4) is 5.75 Å². The van der Waals surface area contributed by atoms with Crippen molar-refractivity contribution in [1.82, 2.24) is 10.2 Å². The molecule has 1 amide bonds. The Labute approximate surface area is 132 Å². The summed E-state index contributed by atoms with van der Waals surface area (Å²) < 4.78 is 5.38. The standard InChI is InChI=1S/C18H26N2O2/c1-20(12-7-14-5-3-4-6-16(14)22-2)17(21)15-13-18(15)8-10-19-11-9-18/h3-6,15,19H,7-13H2,1-2H3. The van der Waals surface area contributed by atoms with Crippen molar-refractivity contribution < 1.29 is 9.53 Å². The molecule has 1 unspecified atom stereocenters. The van der Waals surface area contributed by atoms with Crippen molar-refractivity contribution in [3.05, 3.63) is 29.8 Å². The monoisotopic (exact) mass is 302 g/mol. The van der Waals surface area contributed by atoms with E-state index in [1.165, 1.54) is 0 Å². The fraction of sp³-hybridized carbons (Fsp3) is 0.611. The number of nitrogens with one attached hydrogen (secondary N) is 1. The van der Waals surface area contributed by atoms with E-state index in [-0.39, 0.29) is 5.92 Å². The second-order valence-corrected chi connectivity index (χ2v) is 6.69. The van der Waals surface area contributed by atoms with Crippen molar-refractivity contribution >= 4 is 5.91 Å². The lowest BCUT2D eigenvalue weighted by molar-refractivity contribution is -0.132. The van der Waals surface area contributed by atoms with E-state index in [4.69, 9.17) is 4.74 Å². The van der Waals surface area contributed by atoms with E-state index in [1.807, 2.05) is 30.1 Å². The van der Waals surface area contributed by atoms with Gasteiger partial charge in [-0.2, -0.15) is 0 Å². The van der Waals surface area contributed by atoms with Gasteiger partial charge in [-0.25, -0.2) is 0 Å². The molecule has 1 spiro atoms. The zero-order valence-corrected chi connectivity index (χ0v) is 13.6. The van der Waals surface area contributed by atoms with Gasteiger partial charge in [0.2, 0.25) is 5.91 Å². The maximum Gasteiger partial charge on any atom is 0.226 e. The van der Waals surface area contributed by atoms with Crippen molar-refractivity contribution in [3.63, 3.8) is 0 Å². The number of hydrogen-bond acceptors (Lipinski definition) is 3. The van der Waals surface area contributed by atoms with E-state index in [1.54, 1.807) is 7.11 Å². The third kappa shape index (κ3) is 2.98. The molecule has 1 aliphatic heterocycles. The fourth-order valence-electron chi connectivity index (χ4n) is 3.75. The average molecular weight is 302 g/mol. The van der Waals surface area contributed by atoms with Crippen LogP contribution in [0, 0.1) is 11.3 Å². The number of methoxy groups -OCH3 is 1. The van der Waals surface area contributed by atoms with E-state index >= 15 is 0 Å². The zero-order chi connectivity index (χ0) is 15.6. The van der Waals surface area contributed by atoms with Gasteiger partial charge in [0.05, 0.1) is 7.11 Å². The molecule has 22 heavy (non-hydrogen) atoms. The predicted molar refractivity (Wildman–Crippen MR) is 87.0 cm³/mol. The number of carbonyl (C=O) groups excluding carboxylic acids is 1. The minimum atomic E-state index is 0.261. The van der Waals surface area contributed by atoms with E-state index in [0.717, 1.165) is 56.6 Å². The molecule has 0 radical (unpaired) electrons. The second kappa shape index (κ2) is 6.29. The van der Waals surface area contributed by atoms with E-state index < -0.39 is 0 Å². The fourth-order valence-corrected chi connectivity index (χ4v) is 3.75. The Hall–Kier alpha value is -1.55. The number of rotatable bonds is 5. The van der Waals surface area contributed by atoms with E-state index in [9.17, 15) is 4.79 Å². The van der Waals surface area contributed by atoms with Crippen LogP contribution in [0.5, 0.6) is 5.75 Å². The molecule has 1 aliphatic carbocycles. The highest BCUT2D eigenvalue weighted by Gasteiger charge is 2.58. The van der Waals surface area contributed by atoms with Gasteiger partial charge in [0.1, 0.15) is 5.75 Å². The largest absolute Gasteiger partial charge is 0.496 e. The maximum atomic E-state index is 12.6. The van der Waals surface area contributed by atoms with Crippen LogP contribution in [0.4, 0.5) is 0 Å². The molecule has 4 nitrogen and oxygen atoms in total. The maximum absolute atomic E-state index is 12.6. The van der Waals surface area contributed by atoms with Crippen LogP contribution in [-0.2, 0) is 11.2 Å². The number of carbonyl (C=O) groups is 1. The number of benzene rings is 1. The van der Waals surface area contributed by atoms with Crippen LogP contribution in [0.25, 0.3) is 0 Å². The average Bonchev–Trinajstić information content (AvgIpc) is 3.25. The molecule has 1 aromatic rings. The third-order valence-electron chi connectivity index (χ3n) is 5.37. The quantitative estimate of drug-likeness (QED) is 0.905. The molecule has 1 saturated carbocycles. The van der Waals surface area contributed by atoms with Crippen LogP contribution in [0.15, 0.2) is 24.3 Å². The summed E-state index contributed by atoms with van der Waals surface area (Å²) in [5, 5.41) is 3.39. The van der Waals surface area contributed by atoms with Crippen LogP contribution in [0.1, 0.15) is 24.8 Å². The lowest BCUT2D eigenvalue weighted by atomic mass is 9.91. The summed E-state index contributed by atoms with van der Waals surface area (Å²) in [7, 11) is 3.63. The topological polar surface area (TPSA) is 41.6 Å². The van der Waals surface area contributed by atoms with Gasteiger partial charge in [-0.15, -0.1) is 0 Å². The highest BCUT2D eigenvalue weighted by atomic mass is 16.5. The van der Waals surface area contributed by atoms with Gasteiger partial charge in [0.15, 0.2) is 0 Å². The van der Waals surface area contributed by atoms with Crippen molar-refractivity contribution in [2.45, 2.75) is 25.7 Å². The molecule has 4 heteroatoms. The van der Waals surface area contributed by atoms with Crippen molar-refractivity contribution in [2.75, 3.05) is 33.8 Å². The Morgan fingerprint density at radius 2 is 2.09 bits per heavy atom. The van der Waals surface area contributed by atoms with Gasteiger partial charge < -0.3 is 15.0 Å². The first-order valence-electron chi connectivity index (χ1n) is 8.24. The van der Waals surface area contributed by atoms with Crippen LogP contribution >= 0.6 is 0 Å². The predicted octanol–water partition coefficient (Wildman–Crippen LogP) is 2.09. The SMILES string of the molecule is COc1ccccc1CCN(C)C(=O)C1CC12CCNCC2. The van der Waals surface area contributed by atoms with E-state index in [0.29, 0.717) is 11.3 Å². The van der Waals surface area contributed by atoms with Crippen LogP contribution in [0.3, 0.4) is 0 Å². The molecule has 1 atom stereocenters. The van der Waals surface area contributed by atoms with Crippen molar-refractivity contribution in [2.24, 2.45) is 11.3 Å². The van der Waals surface area contributed by atoms with Crippen LogP contribution in [-0.4, -0.2) is 44.6 Å². The summed E-state index contributed by atoms with van der Waals surface area (Å²) in [6.07, 6.45) is 4.24. The molecule has 2 fully saturated rings. The first-order chi connectivity index (χ1) is 10.7. The van der Waals surface area contributed by atoms with Crippen LogP contribution < -0.4 is 10.1 Å². The number of para-hydroxylation sites is 1. The molecule has 2 aliphatic rings. The Bertz CT molecular complexity index is 538. The Morgan fingerprint density at radius 1 is 1.36 bits per heavy atom. The summed E-state index contributed by atoms with van der Waals surface area (Å²) in [6, 6.07) is 8.04. The van der Waals surface area contributed by atoms with Gasteiger partial charge in [-0.3, -0.25) is 4.79 Å².